The first-order chi connectivity index (χ1) is 9.92. The van der Waals surface area contributed by atoms with Gasteiger partial charge in [0.2, 0.25) is 0 Å². The Hall–Kier alpha value is -1.52. The molecule has 126 valence electrons. The normalized spacial score (nSPS) is 17.1. The SMILES string of the molecule is C=C(C)C(=O)OC(C)(C)C1CCN(C(=O)OC(C)(C)C)CC1. The number of carbonyl (C=O) groups excluding carboxylic acids is 2. The van der Waals surface area contributed by atoms with E-state index in [1.165, 1.54) is 0 Å². The molecule has 0 radical (unpaired) electrons. The summed E-state index contributed by atoms with van der Waals surface area (Å²) >= 11 is 0. The van der Waals surface area contributed by atoms with E-state index >= 15 is 0 Å². The lowest BCUT2D eigenvalue weighted by Gasteiger charge is -2.40. The minimum atomic E-state index is -0.559. The number of ether oxygens (including phenoxy) is 2. The fraction of sp³-hybridized carbons (Fsp3) is 0.765. The zero-order chi connectivity index (χ0) is 17.1. The van der Waals surface area contributed by atoms with E-state index in [4.69, 9.17) is 9.47 Å². The fourth-order valence-electron chi connectivity index (χ4n) is 2.49. The lowest BCUT2D eigenvalue weighted by molar-refractivity contribution is -0.158. The van der Waals surface area contributed by atoms with Crippen molar-refractivity contribution in [3.8, 4) is 0 Å². The monoisotopic (exact) mass is 311 g/mol. The van der Waals surface area contributed by atoms with Crippen LogP contribution in [-0.2, 0) is 14.3 Å². The molecule has 5 heteroatoms. The summed E-state index contributed by atoms with van der Waals surface area (Å²) in [6, 6.07) is 0. The summed E-state index contributed by atoms with van der Waals surface area (Å²) in [5.41, 5.74) is -0.639. The molecule has 0 saturated carbocycles. The summed E-state index contributed by atoms with van der Waals surface area (Å²) in [4.78, 5) is 25.5. The molecule has 22 heavy (non-hydrogen) atoms. The van der Waals surface area contributed by atoms with Gasteiger partial charge in [0.15, 0.2) is 0 Å². The Bertz CT molecular complexity index is 440. The highest BCUT2D eigenvalue weighted by atomic mass is 16.6. The van der Waals surface area contributed by atoms with E-state index in [9.17, 15) is 9.59 Å². The van der Waals surface area contributed by atoms with Crippen molar-refractivity contribution < 1.29 is 19.1 Å². The Balaban J connectivity index is 2.55. The number of nitrogens with zero attached hydrogens (tertiary/aromatic N) is 1. The van der Waals surface area contributed by atoms with Gasteiger partial charge in [-0.1, -0.05) is 6.58 Å². The molecule has 0 N–H and O–H groups in total. The molecule has 0 aromatic carbocycles. The summed E-state index contributed by atoms with van der Waals surface area (Å²) < 4.78 is 10.9. The van der Waals surface area contributed by atoms with Crippen LogP contribution in [0.15, 0.2) is 12.2 Å². The second-order valence-corrected chi connectivity index (χ2v) is 7.51. The highest BCUT2D eigenvalue weighted by molar-refractivity contribution is 5.87. The quantitative estimate of drug-likeness (QED) is 0.591. The van der Waals surface area contributed by atoms with Gasteiger partial charge in [-0.3, -0.25) is 0 Å². The number of carbonyl (C=O) groups is 2. The first-order valence-electron chi connectivity index (χ1n) is 7.79. The van der Waals surface area contributed by atoms with Gasteiger partial charge >= 0.3 is 12.1 Å². The predicted octanol–water partition coefficient (Wildman–Crippen LogP) is 3.53. The zero-order valence-corrected chi connectivity index (χ0v) is 14.7. The first kappa shape index (κ1) is 18.5. The summed E-state index contributed by atoms with van der Waals surface area (Å²) in [5.74, 6) is -0.144. The summed E-state index contributed by atoms with van der Waals surface area (Å²) in [6.45, 7) is 15.9. The number of piperidine rings is 1. The third-order valence-corrected chi connectivity index (χ3v) is 3.83. The molecule has 0 bridgehead atoms. The summed E-state index contributed by atoms with van der Waals surface area (Å²) in [5, 5.41) is 0. The predicted molar refractivity (Wildman–Crippen MR) is 85.5 cm³/mol. The molecule has 1 saturated heterocycles. The average molecular weight is 311 g/mol. The number of hydrogen-bond acceptors (Lipinski definition) is 4. The van der Waals surface area contributed by atoms with Crippen molar-refractivity contribution in [1.29, 1.82) is 0 Å². The number of hydrogen-bond donors (Lipinski definition) is 0. The van der Waals surface area contributed by atoms with Crippen LogP contribution in [0.3, 0.4) is 0 Å². The lowest BCUT2D eigenvalue weighted by atomic mass is 9.83. The van der Waals surface area contributed by atoms with E-state index in [2.05, 4.69) is 6.58 Å². The van der Waals surface area contributed by atoms with E-state index in [1.807, 2.05) is 34.6 Å². The molecule has 5 nitrogen and oxygen atoms in total. The van der Waals surface area contributed by atoms with Gasteiger partial charge in [-0.2, -0.15) is 0 Å². The van der Waals surface area contributed by atoms with Crippen molar-refractivity contribution in [3.63, 3.8) is 0 Å². The van der Waals surface area contributed by atoms with Crippen LogP contribution in [0.4, 0.5) is 4.79 Å². The van der Waals surface area contributed by atoms with Crippen molar-refractivity contribution in [2.75, 3.05) is 13.1 Å². The van der Waals surface area contributed by atoms with Crippen LogP contribution in [0.1, 0.15) is 54.4 Å². The van der Waals surface area contributed by atoms with Gasteiger partial charge in [-0.05, 0) is 54.4 Å². The van der Waals surface area contributed by atoms with Gasteiger partial charge in [-0.25, -0.2) is 9.59 Å². The van der Waals surface area contributed by atoms with Gasteiger partial charge in [0.25, 0.3) is 0 Å². The first-order valence-corrected chi connectivity index (χ1v) is 7.79. The Morgan fingerprint density at radius 2 is 1.55 bits per heavy atom. The van der Waals surface area contributed by atoms with Gasteiger partial charge in [-0.15, -0.1) is 0 Å². The van der Waals surface area contributed by atoms with Crippen LogP contribution in [-0.4, -0.2) is 41.3 Å². The Kier molecular flexibility index (Phi) is 5.65. The van der Waals surface area contributed by atoms with Gasteiger partial charge in [0, 0.05) is 24.6 Å². The molecule has 1 fully saturated rings. The molecular weight excluding hydrogens is 282 g/mol. The number of amides is 1. The van der Waals surface area contributed by atoms with Crippen LogP contribution in [0.2, 0.25) is 0 Å². The second-order valence-electron chi connectivity index (χ2n) is 7.51. The van der Waals surface area contributed by atoms with E-state index in [0.29, 0.717) is 18.7 Å². The maximum Gasteiger partial charge on any atom is 0.410 e. The van der Waals surface area contributed by atoms with Gasteiger partial charge in [0.1, 0.15) is 11.2 Å². The van der Waals surface area contributed by atoms with Crippen molar-refractivity contribution >= 4 is 12.1 Å². The molecular formula is C17H29NO4. The molecule has 0 aromatic rings. The average Bonchev–Trinajstić information content (AvgIpc) is 2.36. The summed E-state index contributed by atoms with van der Waals surface area (Å²) in [6.07, 6.45) is 1.30. The zero-order valence-electron chi connectivity index (χ0n) is 14.7. The highest BCUT2D eigenvalue weighted by Gasteiger charge is 2.37. The third-order valence-electron chi connectivity index (χ3n) is 3.83. The topological polar surface area (TPSA) is 55.8 Å². The van der Waals surface area contributed by atoms with Crippen LogP contribution in [0, 0.1) is 5.92 Å². The molecule has 0 unspecified atom stereocenters. The highest BCUT2D eigenvalue weighted by Crippen LogP contribution is 2.32. The fourth-order valence-corrected chi connectivity index (χ4v) is 2.49. The Morgan fingerprint density at radius 1 is 1.05 bits per heavy atom. The van der Waals surface area contributed by atoms with E-state index in [-0.39, 0.29) is 18.0 Å². The van der Waals surface area contributed by atoms with E-state index < -0.39 is 11.2 Å². The van der Waals surface area contributed by atoms with Crippen LogP contribution in [0.5, 0.6) is 0 Å². The largest absolute Gasteiger partial charge is 0.456 e. The molecule has 1 amide bonds. The lowest BCUT2D eigenvalue weighted by Crippen LogP contribution is -2.47. The van der Waals surface area contributed by atoms with Crippen molar-refractivity contribution in [2.24, 2.45) is 5.92 Å². The van der Waals surface area contributed by atoms with Crippen molar-refractivity contribution in [3.05, 3.63) is 12.2 Å². The smallest absolute Gasteiger partial charge is 0.410 e. The van der Waals surface area contributed by atoms with Crippen molar-refractivity contribution in [1.82, 2.24) is 4.90 Å². The molecule has 0 atom stereocenters. The van der Waals surface area contributed by atoms with Crippen molar-refractivity contribution in [2.45, 2.75) is 65.6 Å². The number of rotatable bonds is 3. The molecule has 1 heterocycles. The maximum atomic E-state index is 12.0. The Labute approximate surface area is 133 Å². The molecule has 0 aliphatic carbocycles. The molecule has 0 aromatic heterocycles. The molecule has 1 aliphatic rings. The van der Waals surface area contributed by atoms with E-state index in [0.717, 1.165) is 12.8 Å². The number of esters is 1. The van der Waals surface area contributed by atoms with E-state index in [1.54, 1.807) is 11.8 Å². The third kappa shape index (κ3) is 5.35. The minimum absolute atomic E-state index is 0.217. The molecule has 1 rings (SSSR count). The standard InChI is InChI=1S/C17H29NO4/c1-12(2)14(19)21-17(6,7)13-8-10-18(11-9-13)15(20)22-16(3,4)5/h13H,1,8-11H2,2-7H3. The van der Waals surface area contributed by atoms with Crippen LogP contribution < -0.4 is 0 Å². The Morgan fingerprint density at radius 3 is 1.95 bits per heavy atom. The molecule has 1 aliphatic heterocycles. The minimum Gasteiger partial charge on any atom is -0.456 e. The van der Waals surface area contributed by atoms with Crippen LogP contribution >= 0.6 is 0 Å². The van der Waals surface area contributed by atoms with Gasteiger partial charge in [0.05, 0.1) is 0 Å². The second kappa shape index (κ2) is 6.71. The molecule has 0 spiro atoms. The summed E-state index contributed by atoms with van der Waals surface area (Å²) in [7, 11) is 0. The number of likely N-dealkylation sites (tertiary alicyclic amines) is 1. The van der Waals surface area contributed by atoms with Gasteiger partial charge < -0.3 is 14.4 Å². The van der Waals surface area contributed by atoms with Crippen LogP contribution in [0.25, 0.3) is 0 Å². The maximum absolute atomic E-state index is 12.0.